The third kappa shape index (κ3) is 3.64. The highest BCUT2D eigenvalue weighted by molar-refractivity contribution is 5.75. The molecule has 0 saturated heterocycles. The van der Waals surface area contributed by atoms with Gasteiger partial charge < -0.3 is 4.90 Å². The fourth-order valence-corrected chi connectivity index (χ4v) is 2.05. The highest BCUT2D eigenvalue weighted by Crippen LogP contribution is 2.21. The van der Waals surface area contributed by atoms with E-state index in [1.54, 1.807) is 0 Å². The fourth-order valence-electron chi connectivity index (χ4n) is 2.05. The van der Waals surface area contributed by atoms with Gasteiger partial charge in [-0.1, -0.05) is 19.3 Å². The van der Waals surface area contributed by atoms with E-state index in [0.717, 1.165) is 6.54 Å². The normalized spacial score (nSPS) is 18.5. The zero-order chi connectivity index (χ0) is 10.4. The maximum atomic E-state index is 10.9. The molecule has 0 atom stereocenters. The van der Waals surface area contributed by atoms with Crippen molar-refractivity contribution < 1.29 is 4.79 Å². The molecule has 0 aromatic rings. The number of rotatable bonds is 4. The zero-order valence-electron chi connectivity index (χ0n) is 8.96. The number of nitrogens with one attached hydrogen (secondary N) is 1. The van der Waals surface area contributed by atoms with Gasteiger partial charge in [0.1, 0.15) is 0 Å². The van der Waals surface area contributed by atoms with E-state index < -0.39 is 0 Å². The van der Waals surface area contributed by atoms with Gasteiger partial charge in [0, 0.05) is 19.0 Å². The lowest BCUT2D eigenvalue weighted by atomic mass is 9.94. The van der Waals surface area contributed by atoms with Crippen LogP contribution in [0.25, 0.3) is 0 Å². The third-order valence-corrected chi connectivity index (χ3v) is 3.05. The van der Waals surface area contributed by atoms with Crippen molar-refractivity contribution >= 4 is 5.91 Å². The Morgan fingerprint density at radius 2 is 2.07 bits per heavy atom. The summed E-state index contributed by atoms with van der Waals surface area (Å²) in [5.41, 5.74) is 2.16. The number of hydrogen-bond donors (Lipinski definition) is 2. The lowest BCUT2D eigenvalue weighted by molar-refractivity contribution is -0.121. The van der Waals surface area contributed by atoms with Crippen LogP contribution < -0.4 is 11.3 Å². The number of nitrogens with zero attached hydrogens (tertiary/aromatic N) is 1. The molecule has 0 bridgehead atoms. The predicted molar refractivity (Wildman–Crippen MR) is 56.5 cm³/mol. The number of hydrogen-bond acceptors (Lipinski definition) is 3. The first-order valence-corrected chi connectivity index (χ1v) is 5.43. The largest absolute Gasteiger partial charge is 0.303 e. The molecule has 0 spiro atoms. The zero-order valence-corrected chi connectivity index (χ0v) is 8.96. The van der Waals surface area contributed by atoms with Gasteiger partial charge in [-0.15, -0.1) is 0 Å². The van der Waals surface area contributed by atoms with Crippen molar-refractivity contribution in [2.45, 2.75) is 44.6 Å². The van der Waals surface area contributed by atoms with Crippen LogP contribution in [-0.4, -0.2) is 30.4 Å². The number of carbonyl (C=O) groups is 1. The van der Waals surface area contributed by atoms with E-state index in [1.807, 2.05) is 0 Å². The van der Waals surface area contributed by atoms with E-state index in [2.05, 4.69) is 17.4 Å². The van der Waals surface area contributed by atoms with Crippen LogP contribution >= 0.6 is 0 Å². The van der Waals surface area contributed by atoms with Gasteiger partial charge in [-0.05, 0) is 19.9 Å². The summed E-state index contributed by atoms with van der Waals surface area (Å²) < 4.78 is 0. The van der Waals surface area contributed by atoms with Crippen LogP contribution in [0.1, 0.15) is 38.5 Å². The molecule has 0 heterocycles. The molecule has 0 aromatic heterocycles. The quantitative estimate of drug-likeness (QED) is 0.397. The Bertz CT molecular complexity index is 178. The summed E-state index contributed by atoms with van der Waals surface area (Å²) in [4.78, 5) is 13.2. The molecule has 0 aromatic carbocycles. The molecular formula is C10H21N3O. The molecule has 1 fully saturated rings. The molecular weight excluding hydrogens is 178 g/mol. The maximum Gasteiger partial charge on any atom is 0.235 e. The summed E-state index contributed by atoms with van der Waals surface area (Å²) in [6.45, 7) is 0.813. The second-order valence-electron chi connectivity index (χ2n) is 4.09. The Morgan fingerprint density at radius 1 is 1.43 bits per heavy atom. The van der Waals surface area contributed by atoms with Crippen LogP contribution in [0, 0.1) is 0 Å². The molecule has 14 heavy (non-hydrogen) atoms. The first kappa shape index (κ1) is 11.5. The fraction of sp³-hybridized carbons (Fsp3) is 0.900. The molecule has 1 aliphatic carbocycles. The standard InChI is InChI=1S/C10H21N3O/c1-13(8-7-10(14)12-11)9-5-3-2-4-6-9/h9H,2-8,11H2,1H3,(H,12,14). The van der Waals surface area contributed by atoms with Gasteiger partial charge in [0.2, 0.25) is 5.91 Å². The van der Waals surface area contributed by atoms with Gasteiger partial charge >= 0.3 is 0 Å². The highest BCUT2D eigenvalue weighted by Gasteiger charge is 2.17. The van der Waals surface area contributed by atoms with E-state index in [-0.39, 0.29) is 5.91 Å². The van der Waals surface area contributed by atoms with Crippen LogP contribution in [0.3, 0.4) is 0 Å². The minimum absolute atomic E-state index is 0.0762. The molecule has 3 N–H and O–H groups in total. The molecule has 1 saturated carbocycles. The topological polar surface area (TPSA) is 58.4 Å². The van der Waals surface area contributed by atoms with E-state index in [9.17, 15) is 4.79 Å². The lowest BCUT2D eigenvalue weighted by Gasteiger charge is -2.30. The van der Waals surface area contributed by atoms with E-state index in [4.69, 9.17) is 5.84 Å². The first-order chi connectivity index (χ1) is 6.74. The third-order valence-electron chi connectivity index (χ3n) is 3.05. The Kier molecular flexibility index (Phi) is 4.90. The average molecular weight is 199 g/mol. The van der Waals surface area contributed by atoms with Crippen LogP contribution in [-0.2, 0) is 4.79 Å². The Labute approximate surface area is 85.8 Å². The van der Waals surface area contributed by atoms with Crippen molar-refractivity contribution in [1.29, 1.82) is 0 Å². The van der Waals surface area contributed by atoms with Crippen LogP contribution in [0.4, 0.5) is 0 Å². The molecule has 0 aliphatic heterocycles. The summed E-state index contributed by atoms with van der Waals surface area (Å²) in [6, 6.07) is 0.675. The smallest absolute Gasteiger partial charge is 0.235 e. The number of nitrogens with two attached hydrogens (primary N) is 1. The van der Waals surface area contributed by atoms with Gasteiger partial charge in [0.05, 0.1) is 0 Å². The molecule has 0 radical (unpaired) electrons. The SMILES string of the molecule is CN(CCC(=O)NN)C1CCCCC1. The predicted octanol–water partition coefficient (Wildman–Crippen LogP) is 0.631. The van der Waals surface area contributed by atoms with E-state index in [1.165, 1.54) is 32.1 Å². The molecule has 1 rings (SSSR count). The molecule has 0 unspecified atom stereocenters. The van der Waals surface area contributed by atoms with Gasteiger partial charge in [-0.2, -0.15) is 0 Å². The summed E-state index contributed by atoms with van der Waals surface area (Å²) in [5, 5.41) is 0. The van der Waals surface area contributed by atoms with Gasteiger partial charge in [-0.25, -0.2) is 5.84 Å². The second kappa shape index (κ2) is 5.98. The molecule has 4 nitrogen and oxygen atoms in total. The van der Waals surface area contributed by atoms with E-state index in [0.29, 0.717) is 12.5 Å². The van der Waals surface area contributed by atoms with Crippen LogP contribution in [0.5, 0.6) is 0 Å². The van der Waals surface area contributed by atoms with Crippen molar-refractivity contribution in [1.82, 2.24) is 10.3 Å². The summed E-state index contributed by atoms with van der Waals surface area (Å²) in [5.74, 6) is 4.94. The summed E-state index contributed by atoms with van der Waals surface area (Å²) in [6.07, 6.45) is 7.09. The minimum atomic E-state index is -0.0762. The monoisotopic (exact) mass is 199 g/mol. The van der Waals surface area contributed by atoms with Crippen molar-refractivity contribution in [3.8, 4) is 0 Å². The Morgan fingerprint density at radius 3 is 2.64 bits per heavy atom. The Hall–Kier alpha value is -0.610. The number of carbonyl (C=O) groups excluding carboxylic acids is 1. The van der Waals surface area contributed by atoms with E-state index >= 15 is 0 Å². The highest BCUT2D eigenvalue weighted by atomic mass is 16.2. The van der Waals surface area contributed by atoms with Crippen LogP contribution in [0.2, 0.25) is 0 Å². The Balaban J connectivity index is 2.19. The van der Waals surface area contributed by atoms with Crippen molar-refractivity contribution in [2.24, 2.45) is 5.84 Å². The van der Waals surface area contributed by atoms with Gasteiger partial charge in [0.25, 0.3) is 0 Å². The van der Waals surface area contributed by atoms with Crippen LogP contribution in [0.15, 0.2) is 0 Å². The lowest BCUT2D eigenvalue weighted by Crippen LogP contribution is -2.38. The average Bonchev–Trinajstić information content (AvgIpc) is 2.26. The molecule has 1 amide bonds. The molecule has 82 valence electrons. The molecule has 4 heteroatoms. The maximum absolute atomic E-state index is 10.9. The summed E-state index contributed by atoms with van der Waals surface area (Å²) >= 11 is 0. The summed E-state index contributed by atoms with van der Waals surface area (Å²) in [7, 11) is 2.10. The second-order valence-corrected chi connectivity index (χ2v) is 4.09. The number of amides is 1. The van der Waals surface area contributed by atoms with Crippen molar-refractivity contribution in [2.75, 3.05) is 13.6 Å². The van der Waals surface area contributed by atoms with Gasteiger partial charge in [0.15, 0.2) is 0 Å². The number of hydrazine groups is 1. The molecule has 1 aliphatic rings. The van der Waals surface area contributed by atoms with Crippen molar-refractivity contribution in [3.05, 3.63) is 0 Å². The van der Waals surface area contributed by atoms with Crippen molar-refractivity contribution in [3.63, 3.8) is 0 Å². The minimum Gasteiger partial charge on any atom is -0.303 e. The van der Waals surface area contributed by atoms with Gasteiger partial charge in [-0.3, -0.25) is 10.2 Å². The first-order valence-electron chi connectivity index (χ1n) is 5.43.